The molecule has 0 radical (unpaired) electrons. The minimum absolute atomic E-state index is 0.363. The Bertz CT molecular complexity index is 207. The molecule has 4 atom stereocenters. The van der Waals surface area contributed by atoms with Crippen LogP contribution >= 0.6 is 0 Å². The Labute approximate surface area is 93.4 Å². The van der Waals surface area contributed by atoms with Crippen molar-refractivity contribution in [3.05, 3.63) is 0 Å². The van der Waals surface area contributed by atoms with Crippen LogP contribution in [-0.2, 0) is 0 Å². The molecule has 2 saturated heterocycles. The van der Waals surface area contributed by atoms with Crippen molar-refractivity contribution in [2.24, 2.45) is 17.6 Å². The van der Waals surface area contributed by atoms with Gasteiger partial charge in [0.2, 0.25) is 0 Å². The number of nitrogens with one attached hydrogen (secondary N) is 1. The maximum absolute atomic E-state index is 6.28. The van der Waals surface area contributed by atoms with E-state index in [2.05, 4.69) is 24.2 Å². The van der Waals surface area contributed by atoms with Crippen LogP contribution in [0.25, 0.3) is 0 Å². The van der Waals surface area contributed by atoms with E-state index in [4.69, 9.17) is 5.73 Å². The summed E-state index contributed by atoms with van der Waals surface area (Å²) in [7, 11) is 2.17. The van der Waals surface area contributed by atoms with Crippen LogP contribution in [0.1, 0.15) is 26.2 Å². The summed E-state index contributed by atoms with van der Waals surface area (Å²) in [4.78, 5) is 2.36. The van der Waals surface area contributed by atoms with Gasteiger partial charge in [-0.25, -0.2) is 0 Å². The van der Waals surface area contributed by atoms with Crippen molar-refractivity contribution in [3.63, 3.8) is 0 Å². The monoisotopic (exact) mass is 211 g/mol. The van der Waals surface area contributed by atoms with Crippen molar-refractivity contribution in [2.75, 3.05) is 26.7 Å². The van der Waals surface area contributed by atoms with E-state index in [1.54, 1.807) is 0 Å². The third kappa shape index (κ3) is 2.52. The fraction of sp³-hybridized carbons (Fsp3) is 1.00. The fourth-order valence-corrected chi connectivity index (χ4v) is 3.26. The second kappa shape index (κ2) is 4.81. The zero-order valence-corrected chi connectivity index (χ0v) is 10.1. The van der Waals surface area contributed by atoms with Crippen molar-refractivity contribution in [1.82, 2.24) is 10.2 Å². The van der Waals surface area contributed by atoms with Crippen molar-refractivity contribution in [3.8, 4) is 0 Å². The maximum Gasteiger partial charge on any atom is 0.0211 e. The van der Waals surface area contributed by atoms with E-state index in [0.29, 0.717) is 18.0 Å². The Hall–Kier alpha value is -0.120. The van der Waals surface area contributed by atoms with E-state index < -0.39 is 0 Å². The molecule has 2 aliphatic rings. The number of nitrogens with zero attached hydrogens (tertiary/aromatic N) is 1. The van der Waals surface area contributed by atoms with Gasteiger partial charge < -0.3 is 16.0 Å². The number of hydrogen-bond donors (Lipinski definition) is 2. The molecule has 3 heteroatoms. The van der Waals surface area contributed by atoms with E-state index in [-0.39, 0.29) is 0 Å². The lowest BCUT2D eigenvalue weighted by molar-refractivity contribution is 0.119. The van der Waals surface area contributed by atoms with Gasteiger partial charge in [-0.1, -0.05) is 6.92 Å². The predicted molar refractivity (Wildman–Crippen MR) is 63.8 cm³/mol. The first kappa shape index (κ1) is 11.4. The average Bonchev–Trinajstić information content (AvgIpc) is 2.20. The Balaban J connectivity index is 1.96. The van der Waals surface area contributed by atoms with Gasteiger partial charge >= 0.3 is 0 Å². The third-order valence-electron chi connectivity index (χ3n) is 4.21. The molecule has 3 nitrogen and oxygen atoms in total. The lowest BCUT2D eigenvalue weighted by Gasteiger charge is -2.43. The van der Waals surface area contributed by atoms with Crippen LogP contribution < -0.4 is 11.1 Å². The smallest absolute Gasteiger partial charge is 0.0211 e. The molecule has 2 rings (SSSR count). The fourth-order valence-electron chi connectivity index (χ4n) is 3.26. The van der Waals surface area contributed by atoms with Gasteiger partial charge in [-0.2, -0.15) is 0 Å². The topological polar surface area (TPSA) is 41.3 Å². The standard InChI is InChI=1S/C12H25N3/c1-9-4-3-6-14-12(9)10-5-7-15(2)8-11(10)13/h9-12,14H,3-8,13H2,1-2H3. The predicted octanol–water partition coefficient (Wildman–Crippen LogP) is 0.654. The first-order valence-corrected chi connectivity index (χ1v) is 6.36. The Kier molecular flexibility index (Phi) is 3.65. The highest BCUT2D eigenvalue weighted by Gasteiger charge is 2.35. The first-order valence-electron chi connectivity index (χ1n) is 6.36. The number of likely N-dealkylation sites (N-methyl/N-ethyl adjacent to an activating group) is 1. The average molecular weight is 211 g/mol. The molecule has 0 aromatic carbocycles. The highest BCUT2D eigenvalue weighted by Crippen LogP contribution is 2.28. The van der Waals surface area contributed by atoms with Gasteiger partial charge in [-0.3, -0.25) is 0 Å². The molecule has 0 saturated carbocycles. The Morgan fingerprint density at radius 1 is 1.33 bits per heavy atom. The van der Waals surface area contributed by atoms with Crippen LogP contribution in [0.2, 0.25) is 0 Å². The molecular weight excluding hydrogens is 186 g/mol. The maximum atomic E-state index is 6.28. The van der Waals surface area contributed by atoms with Crippen LogP contribution in [0.3, 0.4) is 0 Å². The van der Waals surface area contributed by atoms with Crippen LogP contribution in [0, 0.1) is 11.8 Å². The summed E-state index contributed by atoms with van der Waals surface area (Å²) in [5, 5.41) is 3.69. The number of likely N-dealkylation sites (tertiary alicyclic amines) is 1. The van der Waals surface area contributed by atoms with Crippen LogP contribution in [0.15, 0.2) is 0 Å². The summed E-state index contributed by atoms with van der Waals surface area (Å²) in [5.41, 5.74) is 6.28. The summed E-state index contributed by atoms with van der Waals surface area (Å²) in [6, 6.07) is 1.03. The molecule has 0 aromatic rings. The van der Waals surface area contributed by atoms with Crippen molar-refractivity contribution < 1.29 is 0 Å². The Morgan fingerprint density at radius 2 is 2.13 bits per heavy atom. The molecule has 0 spiro atoms. The van der Waals surface area contributed by atoms with Crippen molar-refractivity contribution in [2.45, 2.75) is 38.3 Å². The van der Waals surface area contributed by atoms with E-state index >= 15 is 0 Å². The number of piperidine rings is 2. The van der Waals surface area contributed by atoms with Gasteiger partial charge in [0.15, 0.2) is 0 Å². The van der Waals surface area contributed by atoms with Crippen molar-refractivity contribution in [1.29, 1.82) is 0 Å². The molecule has 4 unspecified atom stereocenters. The van der Waals surface area contributed by atoms with Crippen molar-refractivity contribution >= 4 is 0 Å². The Morgan fingerprint density at radius 3 is 2.80 bits per heavy atom. The minimum atomic E-state index is 0.363. The van der Waals surface area contributed by atoms with Crippen LogP contribution in [0.5, 0.6) is 0 Å². The molecule has 0 aliphatic carbocycles. The van der Waals surface area contributed by atoms with Gasteiger partial charge in [0.05, 0.1) is 0 Å². The first-order chi connectivity index (χ1) is 7.18. The molecule has 2 heterocycles. The summed E-state index contributed by atoms with van der Waals surface area (Å²) in [6.45, 7) is 5.84. The molecular formula is C12H25N3. The largest absolute Gasteiger partial charge is 0.326 e. The molecule has 3 N–H and O–H groups in total. The molecule has 0 bridgehead atoms. The normalized spacial score (nSPS) is 44.2. The number of rotatable bonds is 1. The molecule has 15 heavy (non-hydrogen) atoms. The zero-order valence-electron chi connectivity index (χ0n) is 10.1. The zero-order chi connectivity index (χ0) is 10.8. The van der Waals surface area contributed by atoms with Gasteiger partial charge in [-0.05, 0) is 51.2 Å². The lowest BCUT2D eigenvalue weighted by atomic mass is 9.77. The van der Waals surface area contributed by atoms with Gasteiger partial charge in [-0.15, -0.1) is 0 Å². The lowest BCUT2D eigenvalue weighted by Crippen LogP contribution is -2.57. The van der Waals surface area contributed by atoms with E-state index in [9.17, 15) is 0 Å². The second-order valence-electron chi connectivity index (χ2n) is 5.48. The van der Waals surface area contributed by atoms with Gasteiger partial charge in [0, 0.05) is 18.6 Å². The second-order valence-corrected chi connectivity index (χ2v) is 5.48. The highest BCUT2D eigenvalue weighted by atomic mass is 15.1. The molecule has 88 valence electrons. The van der Waals surface area contributed by atoms with Crippen LogP contribution in [0.4, 0.5) is 0 Å². The SMILES string of the molecule is CC1CCCNC1C1CCN(C)CC1N. The van der Waals surface area contributed by atoms with Gasteiger partial charge in [0.25, 0.3) is 0 Å². The number of hydrogen-bond acceptors (Lipinski definition) is 3. The van der Waals surface area contributed by atoms with E-state index in [1.165, 1.54) is 32.4 Å². The molecule has 2 fully saturated rings. The number of nitrogens with two attached hydrogens (primary N) is 1. The summed E-state index contributed by atoms with van der Waals surface area (Å²) in [5.74, 6) is 1.50. The third-order valence-corrected chi connectivity index (χ3v) is 4.21. The molecule has 0 amide bonds. The highest BCUT2D eigenvalue weighted by molar-refractivity contribution is 4.93. The quantitative estimate of drug-likeness (QED) is 0.669. The summed E-state index contributed by atoms with van der Waals surface area (Å²) < 4.78 is 0. The van der Waals surface area contributed by atoms with E-state index in [1.807, 2.05) is 0 Å². The summed E-state index contributed by atoms with van der Waals surface area (Å²) in [6.07, 6.45) is 3.97. The van der Waals surface area contributed by atoms with Crippen LogP contribution in [-0.4, -0.2) is 43.7 Å². The summed E-state index contributed by atoms with van der Waals surface area (Å²) >= 11 is 0. The van der Waals surface area contributed by atoms with E-state index in [0.717, 1.165) is 12.5 Å². The molecule has 0 aromatic heterocycles. The van der Waals surface area contributed by atoms with Gasteiger partial charge in [0.1, 0.15) is 0 Å². The minimum Gasteiger partial charge on any atom is -0.326 e. The molecule has 2 aliphatic heterocycles.